The first kappa shape index (κ1) is 23.9. The standard InChI is InChI=1S/C28H19ClF3N3O/c29-23-10-9-17(12-19(23)15-26(36)18-4-1-5-20(14-18)28(30,31)32)13-25-22(7-3-11-33-25)27-21-6-2-8-24(21)34-16-35-27/h1-7,9-12,14,16H,8,13,15H2. The Hall–Kier alpha value is -3.84. The zero-order valence-electron chi connectivity index (χ0n) is 18.9. The van der Waals surface area contributed by atoms with E-state index in [4.69, 9.17) is 11.6 Å². The van der Waals surface area contributed by atoms with Crippen molar-refractivity contribution in [3.8, 4) is 11.3 Å². The third-order valence-electron chi connectivity index (χ3n) is 6.05. The maximum Gasteiger partial charge on any atom is 0.416 e. The Labute approximate surface area is 210 Å². The van der Waals surface area contributed by atoms with Gasteiger partial charge in [0.1, 0.15) is 6.33 Å². The number of ketones is 1. The zero-order valence-corrected chi connectivity index (χ0v) is 19.6. The van der Waals surface area contributed by atoms with Crippen molar-refractivity contribution in [2.45, 2.75) is 25.4 Å². The fourth-order valence-corrected chi connectivity index (χ4v) is 4.46. The molecule has 2 heterocycles. The lowest BCUT2D eigenvalue weighted by Crippen LogP contribution is -2.09. The Morgan fingerprint density at radius 3 is 2.69 bits per heavy atom. The summed E-state index contributed by atoms with van der Waals surface area (Å²) in [5, 5.41) is 0.374. The average molecular weight is 506 g/mol. The molecule has 0 fully saturated rings. The van der Waals surface area contributed by atoms with Crippen LogP contribution >= 0.6 is 11.6 Å². The van der Waals surface area contributed by atoms with E-state index in [1.165, 1.54) is 12.1 Å². The van der Waals surface area contributed by atoms with Crippen molar-refractivity contribution in [2.75, 3.05) is 0 Å². The molecule has 0 saturated carbocycles. The molecule has 2 aromatic carbocycles. The number of nitrogens with zero attached hydrogens (tertiary/aromatic N) is 3. The lowest BCUT2D eigenvalue weighted by Gasteiger charge is -2.12. The first-order chi connectivity index (χ1) is 17.3. The minimum atomic E-state index is -4.52. The monoisotopic (exact) mass is 505 g/mol. The van der Waals surface area contributed by atoms with Crippen molar-refractivity contribution in [1.82, 2.24) is 15.0 Å². The molecule has 1 aliphatic carbocycles. The summed E-state index contributed by atoms with van der Waals surface area (Å²) in [5.41, 5.74) is 4.99. The number of alkyl halides is 3. The Morgan fingerprint density at radius 1 is 1.00 bits per heavy atom. The molecule has 4 nitrogen and oxygen atoms in total. The molecule has 8 heteroatoms. The molecule has 5 rings (SSSR count). The lowest BCUT2D eigenvalue weighted by atomic mass is 9.96. The third-order valence-corrected chi connectivity index (χ3v) is 6.42. The first-order valence-electron chi connectivity index (χ1n) is 11.2. The number of halogens is 4. The van der Waals surface area contributed by atoms with E-state index >= 15 is 0 Å². The Kier molecular flexibility index (Phi) is 6.41. The summed E-state index contributed by atoms with van der Waals surface area (Å²) in [6.07, 6.45) is 3.91. The van der Waals surface area contributed by atoms with Gasteiger partial charge < -0.3 is 0 Å². The van der Waals surface area contributed by atoms with Crippen LogP contribution in [0.15, 0.2) is 73.2 Å². The van der Waals surface area contributed by atoms with Crippen LogP contribution in [0.5, 0.6) is 0 Å². The van der Waals surface area contributed by atoms with E-state index in [-0.39, 0.29) is 12.0 Å². The maximum absolute atomic E-state index is 13.1. The summed E-state index contributed by atoms with van der Waals surface area (Å²) >= 11 is 6.35. The summed E-state index contributed by atoms with van der Waals surface area (Å²) in [7, 11) is 0. The average Bonchev–Trinajstić information content (AvgIpc) is 3.35. The van der Waals surface area contributed by atoms with E-state index in [1.54, 1.807) is 24.7 Å². The number of carbonyl (C=O) groups excluding carboxylic acids is 1. The van der Waals surface area contributed by atoms with Gasteiger partial charge in [0.05, 0.1) is 22.6 Å². The van der Waals surface area contributed by atoms with Gasteiger partial charge in [-0.2, -0.15) is 13.2 Å². The third kappa shape index (κ3) is 4.93. The number of benzene rings is 2. The molecular formula is C28H19ClF3N3O. The molecule has 0 radical (unpaired) electrons. The van der Waals surface area contributed by atoms with E-state index < -0.39 is 17.5 Å². The smallest absolute Gasteiger partial charge is 0.294 e. The second-order valence-electron chi connectivity index (χ2n) is 8.47. The van der Waals surface area contributed by atoms with Gasteiger partial charge in [0.15, 0.2) is 5.78 Å². The molecule has 0 aliphatic heterocycles. The van der Waals surface area contributed by atoms with Gasteiger partial charge in [-0.1, -0.05) is 48.0 Å². The second-order valence-corrected chi connectivity index (χ2v) is 8.88. The highest BCUT2D eigenvalue weighted by atomic mass is 35.5. The van der Waals surface area contributed by atoms with Gasteiger partial charge in [-0.15, -0.1) is 0 Å². The van der Waals surface area contributed by atoms with Gasteiger partial charge in [0, 0.05) is 47.2 Å². The maximum atomic E-state index is 13.1. The Morgan fingerprint density at radius 2 is 1.86 bits per heavy atom. The molecule has 0 bridgehead atoms. The number of allylic oxidation sites excluding steroid dienone is 1. The SMILES string of the molecule is O=C(Cc1cc(Cc2ncccc2-c2ncnc3c2C=CC3)ccc1Cl)c1cccc(C(F)(F)F)c1. The fourth-order valence-electron chi connectivity index (χ4n) is 4.28. The molecular weight excluding hydrogens is 487 g/mol. The van der Waals surface area contributed by atoms with Gasteiger partial charge in [-0.05, 0) is 41.5 Å². The summed E-state index contributed by atoms with van der Waals surface area (Å²) in [4.78, 5) is 26.2. The highest BCUT2D eigenvalue weighted by Crippen LogP contribution is 2.32. The molecule has 1 aliphatic rings. The Bertz CT molecular complexity index is 1500. The van der Waals surface area contributed by atoms with Gasteiger partial charge in [-0.25, -0.2) is 9.97 Å². The molecule has 0 amide bonds. The van der Waals surface area contributed by atoms with Crippen molar-refractivity contribution < 1.29 is 18.0 Å². The van der Waals surface area contributed by atoms with Crippen LogP contribution in [0.4, 0.5) is 13.2 Å². The van der Waals surface area contributed by atoms with Crippen LogP contribution in [-0.4, -0.2) is 20.7 Å². The van der Waals surface area contributed by atoms with Crippen LogP contribution in [0, 0.1) is 0 Å². The van der Waals surface area contributed by atoms with Crippen LogP contribution in [0.25, 0.3) is 17.3 Å². The first-order valence-corrected chi connectivity index (χ1v) is 11.6. The molecule has 180 valence electrons. The van der Waals surface area contributed by atoms with Gasteiger partial charge in [0.2, 0.25) is 0 Å². The number of carbonyl (C=O) groups is 1. The predicted molar refractivity (Wildman–Crippen MR) is 132 cm³/mol. The van der Waals surface area contributed by atoms with Crippen molar-refractivity contribution in [2.24, 2.45) is 0 Å². The van der Waals surface area contributed by atoms with Crippen molar-refractivity contribution in [3.63, 3.8) is 0 Å². The lowest BCUT2D eigenvalue weighted by molar-refractivity contribution is -0.137. The summed E-state index contributed by atoms with van der Waals surface area (Å²) in [5.74, 6) is -0.443. The fraction of sp³-hybridized carbons (Fsp3) is 0.143. The topological polar surface area (TPSA) is 55.7 Å². The van der Waals surface area contributed by atoms with Crippen LogP contribution in [0.2, 0.25) is 5.02 Å². The molecule has 4 aromatic rings. The van der Waals surface area contributed by atoms with E-state index in [2.05, 4.69) is 15.0 Å². The molecule has 0 N–H and O–H groups in total. The summed E-state index contributed by atoms with van der Waals surface area (Å²) in [6, 6.07) is 13.6. The molecule has 0 saturated heterocycles. The Balaban J connectivity index is 1.42. The van der Waals surface area contributed by atoms with Crippen LogP contribution < -0.4 is 0 Å². The predicted octanol–water partition coefficient (Wildman–Crippen LogP) is 6.80. The molecule has 0 atom stereocenters. The van der Waals surface area contributed by atoms with Crippen molar-refractivity contribution in [1.29, 1.82) is 0 Å². The van der Waals surface area contributed by atoms with E-state index in [0.29, 0.717) is 17.0 Å². The van der Waals surface area contributed by atoms with Crippen LogP contribution in [0.3, 0.4) is 0 Å². The summed E-state index contributed by atoms with van der Waals surface area (Å²) in [6.45, 7) is 0. The normalized spacial score (nSPS) is 12.6. The van der Waals surface area contributed by atoms with Gasteiger partial charge >= 0.3 is 6.18 Å². The highest BCUT2D eigenvalue weighted by molar-refractivity contribution is 6.31. The highest BCUT2D eigenvalue weighted by Gasteiger charge is 2.31. The van der Waals surface area contributed by atoms with Gasteiger partial charge in [0.25, 0.3) is 0 Å². The largest absolute Gasteiger partial charge is 0.416 e. The van der Waals surface area contributed by atoms with Crippen LogP contribution in [0.1, 0.15) is 44.0 Å². The second kappa shape index (κ2) is 9.66. The number of aromatic nitrogens is 3. The number of rotatable bonds is 6. The molecule has 36 heavy (non-hydrogen) atoms. The molecule has 0 spiro atoms. The minimum Gasteiger partial charge on any atom is -0.294 e. The number of hydrogen-bond acceptors (Lipinski definition) is 4. The zero-order chi connectivity index (χ0) is 25.3. The van der Waals surface area contributed by atoms with E-state index in [1.807, 2.05) is 30.4 Å². The molecule has 0 unspecified atom stereocenters. The van der Waals surface area contributed by atoms with E-state index in [9.17, 15) is 18.0 Å². The van der Waals surface area contributed by atoms with Crippen molar-refractivity contribution >= 4 is 23.5 Å². The number of fused-ring (bicyclic) bond motifs is 1. The number of Topliss-reactive ketones (excluding diaryl/α,β-unsaturated/α-hetero) is 1. The number of pyridine rings is 1. The van der Waals surface area contributed by atoms with Gasteiger partial charge in [-0.3, -0.25) is 9.78 Å². The number of hydrogen-bond donors (Lipinski definition) is 0. The van der Waals surface area contributed by atoms with E-state index in [0.717, 1.165) is 52.3 Å². The quantitative estimate of drug-likeness (QED) is 0.270. The molecule has 2 aromatic heterocycles. The van der Waals surface area contributed by atoms with Crippen molar-refractivity contribution in [3.05, 3.63) is 117 Å². The minimum absolute atomic E-state index is 0.0102. The summed E-state index contributed by atoms with van der Waals surface area (Å²) < 4.78 is 39.2. The van der Waals surface area contributed by atoms with Crippen LogP contribution in [-0.2, 0) is 25.4 Å².